The van der Waals surface area contributed by atoms with Crippen LogP contribution in [0.15, 0.2) is 18.2 Å². The van der Waals surface area contributed by atoms with Crippen molar-refractivity contribution in [1.29, 1.82) is 0 Å². The van der Waals surface area contributed by atoms with Gasteiger partial charge >= 0.3 is 0 Å². The maximum Gasteiger partial charge on any atom is 0.120 e. The third-order valence-corrected chi connectivity index (χ3v) is 3.69. The van der Waals surface area contributed by atoms with Crippen molar-refractivity contribution in [2.45, 2.75) is 26.3 Å². The van der Waals surface area contributed by atoms with E-state index in [4.69, 9.17) is 0 Å². The zero-order chi connectivity index (χ0) is 12.3. The highest BCUT2D eigenvalue weighted by molar-refractivity contribution is 5.42. The average molecular weight is 234 g/mol. The van der Waals surface area contributed by atoms with Gasteiger partial charge in [-0.2, -0.15) is 0 Å². The Bertz CT molecular complexity index is 374. The minimum Gasteiger partial charge on any atom is -0.508 e. The fourth-order valence-electron chi connectivity index (χ4n) is 2.60. The van der Waals surface area contributed by atoms with Crippen molar-refractivity contribution in [1.82, 2.24) is 10.2 Å². The van der Waals surface area contributed by atoms with Gasteiger partial charge in [-0.05, 0) is 24.7 Å². The first kappa shape index (κ1) is 12.4. The molecular formula is C14H22N2O. The summed E-state index contributed by atoms with van der Waals surface area (Å²) in [7, 11) is 0. The number of rotatable bonds is 4. The van der Waals surface area contributed by atoms with E-state index in [-0.39, 0.29) is 0 Å². The minimum atomic E-state index is 0.430. The van der Waals surface area contributed by atoms with Gasteiger partial charge in [0.05, 0.1) is 0 Å². The lowest BCUT2D eigenvalue weighted by molar-refractivity contribution is 0.274. The van der Waals surface area contributed by atoms with E-state index in [0.717, 1.165) is 38.3 Å². The van der Waals surface area contributed by atoms with Crippen LogP contribution in [0.5, 0.6) is 5.75 Å². The molecule has 1 aliphatic heterocycles. The van der Waals surface area contributed by atoms with Gasteiger partial charge in [-0.25, -0.2) is 0 Å². The molecule has 17 heavy (non-hydrogen) atoms. The molecule has 0 bridgehead atoms. The van der Waals surface area contributed by atoms with Crippen molar-refractivity contribution in [3.05, 3.63) is 29.3 Å². The number of phenols is 1. The summed E-state index contributed by atoms with van der Waals surface area (Å²) in [5, 5.41) is 13.3. The van der Waals surface area contributed by atoms with Gasteiger partial charge in [0, 0.05) is 31.1 Å². The molecule has 2 N–H and O–H groups in total. The van der Waals surface area contributed by atoms with E-state index in [2.05, 4.69) is 30.1 Å². The number of nitrogens with one attached hydrogen (secondary N) is 1. The number of phenolic OH excluding ortho intramolecular Hbond substituents is 1. The first-order valence-electron chi connectivity index (χ1n) is 6.50. The molecule has 94 valence electrons. The molecule has 0 aliphatic carbocycles. The Hall–Kier alpha value is -1.06. The van der Waals surface area contributed by atoms with Crippen LogP contribution in [0, 0.1) is 0 Å². The maximum absolute atomic E-state index is 9.87. The average Bonchev–Trinajstić information content (AvgIpc) is 2.37. The van der Waals surface area contributed by atoms with Crippen LogP contribution in [0.2, 0.25) is 0 Å². The summed E-state index contributed by atoms with van der Waals surface area (Å²) in [4.78, 5) is 2.44. The molecule has 1 aliphatic rings. The molecule has 0 fully saturated rings. The Labute approximate surface area is 103 Å². The summed E-state index contributed by atoms with van der Waals surface area (Å²) in [5.74, 6) is 0.921. The minimum absolute atomic E-state index is 0.430. The molecule has 1 aromatic carbocycles. The molecule has 1 unspecified atom stereocenters. The summed E-state index contributed by atoms with van der Waals surface area (Å²) in [6, 6.07) is 5.89. The summed E-state index contributed by atoms with van der Waals surface area (Å²) < 4.78 is 0. The van der Waals surface area contributed by atoms with Crippen molar-refractivity contribution >= 4 is 0 Å². The van der Waals surface area contributed by atoms with E-state index < -0.39 is 0 Å². The van der Waals surface area contributed by atoms with Gasteiger partial charge < -0.3 is 15.3 Å². The van der Waals surface area contributed by atoms with Crippen LogP contribution >= 0.6 is 0 Å². The van der Waals surface area contributed by atoms with Crippen molar-refractivity contribution < 1.29 is 5.11 Å². The third-order valence-electron chi connectivity index (χ3n) is 3.69. The Morgan fingerprint density at radius 3 is 2.82 bits per heavy atom. The molecule has 2 rings (SSSR count). The van der Waals surface area contributed by atoms with E-state index in [1.165, 1.54) is 5.56 Å². The van der Waals surface area contributed by atoms with Gasteiger partial charge in [0.2, 0.25) is 0 Å². The molecule has 3 heteroatoms. The smallest absolute Gasteiger partial charge is 0.120 e. The SMILES string of the molecule is CCN(CC)CC1CNCc2c(O)cccc21. The Balaban J connectivity index is 2.20. The fraction of sp³-hybridized carbons (Fsp3) is 0.571. The molecule has 3 nitrogen and oxygen atoms in total. The zero-order valence-electron chi connectivity index (χ0n) is 10.7. The van der Waals surface area contributed by atoms with E-state index in [9.17, 15) is 5.11 Å². The second-order valence-electron chi connectivity index (χ2n) is 4.66. The number of nitrogens with zero attached hydrogens (tertiary/aromatic N) is 1. The molecule has 1 heterocycles. The number of aromatic hydroxyl groups is 1. The number of fused-ring (bicyclic) bond motifs is 1. The number of likely N-dealkylation sites (N-methyl/N-ethyl adjacent to an activating group) is 1. The highest BCUT2D eigenvalue weighted by Gasteiger charge is 2.23. The van der Waals surface area contributed by atoms with Crippen LogP contribution < -0.4 is 5.32 Å². The maximum atomic E-state index is 9.87. The van der Waals surface area contributed by atoms with Crippen LogP contribution in [0.25, 0.3) is 0 Å². The molecule has 0 saturated carbocycles. The van der Waals surface area contributed by atoms with Crippen LogP contribution in [-0.4, -0.2) is 36.2 Å². The quantitative estimate of drug-likeness (QED) is 0.835. The Morgan fingerprint density at radius 2 is 2.12 bits per heavy atom. The van der Waals surface area contributed by atoms with E-state index in [1.54, 1.807) is 6.07 Å². The largest absolute Gasteiger partial charge is 0.508 e. The highest BCUT2D eigenvalue weighted by atomic mass is 16.3. The lowest BCUT2D eigenvalue weighted by atomic mass is 9.90. The number of hydrogen-bond donors (Lipinski definition) is 2. The molecule has 1 aromatic rings. The van der Waals surface area contributed by atoms with Gasteiger partial charge in [-0.15, -0.1) is 0 Å². The predicted octanol–water partition coefficient (Wildman–Crippen LogP) is 1.92. The van der Waals surface area contributed by atoms with Crippen molar-refractivity contribution in [3.8, 4) is 5.75 Å². The normalized spacial score (nSPS) is 19.4. The first-order chi connectivity index (χ1) is 8.26. The van der Waals surface area contributed by atoms with Gasteiger partial charge in [-0.1, -0.05) is 26.0 Å². The first-order valence-corrected chi connectivity index (χ1v) is 6.50. The van der Waals surface area contributed by atoms with Crippen molar-refractivity contribution in [3.63, 3.8) is 0 Å². The molecule has 0 saturated heterocycles. The van der Waals surface area contributed by atoms with Gasteiger partial charge in [0.15, 0.2) is 0 Å². The molecular weight excluding hydrogens is 212 g/mol. The number of benzene rings is 1. The standard InChI is InChI=1S/C14H22N2O/c1-3-16(4-2)10-11-8-15-9-13-12(11)6-5-7-14(13)17/h5-7,11,15,17H,3-4,8-10H2,1-2H3. The monoisotopic (exact) mass is 234 g/mol. The predicted molar refractivity (Wildman–Crippen MR) is 70.3 cm³/mol. The summed E-state index contributed by atoms with van der Waals surface area (Å²) >= 11 is 0. The summed E-state index contributed by atoms with van der Waals surface area (Å²) in [5.41, 5.74) is 2.39. The van der Waals surface area contributed by atoms with Crippen LogP contribution in [0.3, 0.4) is 0 Å². The van der Waals surface area contributed by atoms with Crippen molar-refractivity contribution in [2.75, 3.05) is 26.2 Å². The Morgan fingerprint density at radius 1 is 1.35 bits per heavy atom. The number of hydrogen-bond acceptors (Lipinski definition) is 3. The van der Waals surface area contributed by atoms with E-state index >= 15 is 0 Å². The zero-order valence-corrected chi connectivity index (χ0v) is 10.7. The van der Waals surface area contributed by atoms with Gasteiger partial charge in [-0.3, -0.25) is 0 Å². The second kappa shape index (κ2) is 5.52. The molecule has 0 amide bonds. The molecule has 0 spiro atoms. The lowest BCUT2D eigenvalue weighted by Gasteiger charge is -2.31. The summed E-state index contributed by atoms with van der Waals surface area (Å²) in [6.07, 6.45) is 0. The van der Waals surface area contributed by atoms with Crippen LogP contribution in [0.4, 0.5) is 0 Å². The fourth-order valence-corrected chi connectivity index (χ4v) is 2.60. The second-order valence-corrected chi connectivity index (χ2v) is 4.66. The van der Waals surface area contributed by atoms with E-state index in [0.29, 0.717) is 11.7 Å². The highest BCUT2D eigenvalue weighted by Crippen LogP contribution is 2.30. The third kappa shape index (κ3) is 2.61. The topological polar surface area (TPSA) is 35.5 Å². The molecule has 0 aromatic heterocycles. The molecule has 0 radical (unpaired) electrons. The van der Waals surface area contributed by atoms with Crippen LogP contribution in [0.1, 0.15) is 30.9 Å². The van der Waals surface area contributed by atoms with Gasteiger partial charge in [0.1, 0.15) is 5.75 Å². The van der Waals surface area contributed by atoms with Crippen LogP contribution in [-0.2, 0) is 6.54 Å². The lowest BCUT2D eigenvalue weighted by Crippen LogP contribution is -2.36. The van der Waals surface area contributed by atoms with Crippen molar-refractivity contribution in [2.24, 2.45) is 0 Å². The van der Waals surface area contributed by atoms with Gasteiger partial charge in [0.25, 0.3) is 0 Å². The van der Waals surface area contributed by atoms with E-state index in [1.807, 2.05) is 6.07 Å². The molecule has 1 atom stereocenters. The summed E-state index contributed by atoms with van der Waals surface area (Å²) in [6.45, 7) is 9.43. The Kier molecular flexibility index (Phi) is 4.02.